The van der Waals surface area contributed by atoms with E-state index in [9.17, 15) is 20.2 Å². The third-order valence-electron chi connectivity index (χ3n) is 3.52. The summed E-state index contributed by atoms with van der Waals surface area (Å²) >= 11 is 0. The number of nitrogens with zero attached hydrogens (tertiary/aromatic N) is 5. The van der Waals surface area contributed by atoms with E-state index < -0.39 is 9.85 Å². The Balaban J connectivity index is 1.66. The number of nitro groups is 2. The summed E-state index contributed by atoms with van der Waals surface area (Å²) in [4.78, 5) is 28.7. The summed E-state index contributed by atoms with van der Waals surface area (Å²) in [5.74, 6) is 0.238. The lowest BCUT2D eigenvalue weighted by Crippen LogP contribution is -1.97. The zero-order chi connectivity index (χ0) is 19.2. The average molecular weight is 364 g/mol. The Hall–Kier alpha value is -4.21. The lowest BCUT2D eigenvalue weighted by molar-refractivity contribution is -0.385. The van der Waals surface area contributed by atoms with E-state index >= 15 is 0 Å². The second-order valence-electron chi connectivity index (χ2n) is 5.32. The molecule has 1 aromatic heterocycles. The molecular formula is C17H12N6O4. The van der Waals surface area contributed by atoms with Gasteiger partial charge in [-0.25, -0.2) is 15.4 Å². The molecule has 0 radical (unpaired) electrons. The van der Waals surface area contributed by atoms with Crippen molar-refractivity contribution in [3.05, 3.63) is 86.7 Å². The Bertz CT molecular complexity index is 1000. The number of hydrogen-bond donors (Lipinski definition) is 1. The minimum atomic E-state index is -0.481. The van der Waals surface area contributed by atoms with Crippen LogP contribution in [0.2, 0.25) is 0 Å². The quantitative estimate of drug-likeness (QED) is 0.402. The zero-order valence-corrected chi connectivity index (χ0v) is 13.7. The highest BCUT2D eigenvalue weighted by molar-refractivity contribution is 5.81. The fourth-order valence-electron chi connectivity index (χ4n) is 2.19. The summed E-state index contributed by atoms with van der Waals surface area (Å²) in [7, 11) is 0. The van der Waals surface area contributed by atoms with Crippen LogP contribution in [0.1, 0.15) is 5.56 Å². The van der Waals surface area contributed by atoms with Gasteiger partial charge in [0.05, 0.1) is 16.1 Å². The Morgan fingerprint density at radius 2 is 1.56 bits per heavy atom. The molecule has 0 saturated heterocycles. The molecule has 3 rings (SSSR count). The first kappa shape index (κ1) is 17.6. The highest BCUT2D eigenvalue weighted by Gasteiger charge is 2.06. The van der Waals surface area contributed by atoms with Crippen molar-refractivity contribution in [3.63, 3.8) is 0 Å². The number of non-ortho nitro benzene ring substituents is 2. The van der Waals surface area contributed by atoms with E-state index in [1.807, 2.05) is 0 Å². The molecule has 0 aliphatic carbocycles. The molecule has 0 aliphatic rings. The van der Waals surface area contributed by atoms with E-state index in [1.54, 1.807) is 36.7 Å². The lowest BCUT2D eigenvalue weighted by Gasteiger charge is -2.02. The third kappa shape index (κ3) is 4.45. The molecule has 2 aromatic carbocycles. The van der Waals surface area contributed by atoms with Crippen LogP contribution >= 0.6 is 0 Å². The molecule has 0 bridgehead atoms. The fraction of sp³-hybridized carbons (Fsp3) is 0. The van der Waals surface area contributed by atoms with E-state index in [-0.39, 0.29) is 17.3 Å². The van der Waals surface area contributed by atoms with Gasteiger partial charge in [0.25, 0.3) is 11.4 Å². The molecule has 134 valence electrons. The SMILES string of the molecule is O=[N+]([O-])c1ccc(-c2cnc(N/N=C\c3cccc([N+](=O)[O-])c3)nc2)cc1. The Kier molecular flexibility index (Phi) is 5.07. The van der Waals surface area contributed by atoms with Gasteiger partial charge in [-0.2, -0.15) is 5.10 Å². The summed E-state index contributed by atoms with van der Waals surface area (Å²) in [5.41, 5.74) is 4.61. The predicted octanol–water partition coefficient (Wildman–Crippen LogP) is 3.41. The summed E-state index contributed by atoms with van der Waals surface area (Å²) in [5, 5.41) is 25.4. The smallest absolute Gasteiger partial charge is 0.258 e. The average Bonchev–Trinajstić information content (AvgIpc) is 2.69. The van der Waals surface area contributed by atoms with Crippen LogP contribution in [0, 0.1) is 20.2 Å². The molecule has 27 heavy (non-hydrogen) atoms. The minimum Gasteiger partial charge on any atom is -0.258 e. The van der Waals surface area contributed by atoms with Crippen molar-refractivity contribution in [1.82, 2.24) is 9.97 Å². The van der Waals surface area contributed by atoms with Crippen LogP contribution in [0.5, 0.6) is 0 Å². The molecule has 0 amide bonds. The molecular weight excluding hydrogens is 352 g/mol. The van der Waals surface area contributed by atoms with Gasteiger partial charge in [0, 0.05) is 47.8 Å². The monoisotopic (exact) mass is 364 g/mol. The number of rotatable bonds is 6. The van der Waals surface area contributed by atoms with Crippen LogP contribution < -0.4 is 5.43 Å². The third-order valence-corrected chi connectivity index (χ3v) is 3.52. The fourth-order valence-corrected chi connectivity index (χ4v) is 2.19. The molecule has 0 unspecified atom stereocenters. The highest BCUT2D eigenvalue weighted by Crippen LogP contribution is 2.21. The van der Waals surface area contributed by atoms with Crippen LogP contribution in [0.25, 0.3) is 11.1 Å². The van der Waals surface area contributed by atoms with Crippen molar-refractivity contribution in [2.24, 2.45) is 5.10 Å². The van der Waals surface area contributed by atoms with Crippen LogP contribution in [-0.4, -0.2) is 26.0 Å². The van der Waals surface area contributed by atoms with E-state index in [1.165, 1.54) is 30.5 Å². The van der Waals surface area contributed by atoms with Crippen molar-refractivity contribution < 1.29 is 9.85 Å². The van der Waals surface area contributed by atoms with Crippen molar-refractivity contribution in [3.8, 4) is 11.1 Å². The van der Waals surface area contributed by atoms with E-state index in [0.717, 1.165) is 5.56 Å². The van der Waals surface area contributed by atoms with Crippen LogP contribution in [0.15, 0.2) is 66.0 Å². The van der Waals surface area contributed by atoms with Crippen molar-refractivity contribution >= 4 is 23.5 Å². The molecule has 0 fully saturated rings. The molecule has 1 N–H and O–H groups in total. The minimum absolute atomic E-state index is 0.00782. The van der Waals surface area contributed by atoms with Crippen molar-refractivity contribution in [1.29, 1.82) is 0 Å². The summed E-state index contributed by atoms with van der Waals surface area (Å²) in [6, 6.07) is 12.1. The molecule has 0 spiro atoms. The van der Waals surface area contributed by atoms with Gasteiger partial charge >= 0.3 is 0 Å². The Labute approximate surface area is 152 Å². The molecule has 1 heterocycles. The van der Waals surface area contributed by atoms with E-state index in [4.69, 9.17) is 0 Å². The molecule has 10 heteroatoms. The summed E-state index contributed by atoms with van der Waals surface area (Å²) in [6.45, 7) is 0. The molecule has 0 atom stereocenters. The van der Waals surface area contributed by atoms with Gasteiger partial charge < -0.3 is 0 Å². The number of hydrazone groups is 1. The molecule has 0 saturated carbocycles. The number of aromatic nitrogens is 2. The Morgan fingerprint density at radius 3 is 2.19 bits per heavy atom. The van der Waals surface area contributed by atoms with Crippen molar-refractivity contribution in [2.45, 2.75) is 0 Å². The first-order valence-corrected chi connectivity index (χ1v) is 7.63. The number of benzene rings is 2. The van der Waals surface area contributed by atoms with Gasteiger partial charge in [0.15, 0.2) is 0 Å². The normalized spacial score (nSPS) is 10.7. The summed E-state index contributed by atoms with van der Waals surface area (Å²) < 4.78 is 0. The first-order valence-electron chi connectivity index (χ1n) is 7.63. The topological polar surface area (TPSA) is 136 Å². The maximum atomic E-state index is 10.7. The van der Waals surface area contributed by atoms with Crippen LogP contribution in [0.3, 0.4) is 0 Å². The second kappa shape index (κ2) is 7.78. The predicted molar refractivity (Wildman–Crippen MR) is 98.4 cm³/mol. The summed E-state index contributed by atoms with van der Waals surface area (Å²) in [6.07, 6.45) is 4.53. The van der Waals surface area contributed by atoms with E-state index in [0.29, 0.717) is 11.1 Å². The largest absolute Gasteiger partial charge is 0.270 e. The van der Waals surface area contributed by atoms with Crippen LogP contribution in [-0.2, 0) is 0 Å². The van der Waals surface area contributed by atoms with Gasteiger partial charge in [-0.1, -0.05) is 12.1 Å². The first-order chi connectivity index (χ1) is 13.0. The number of nitrogens with one attached hydrogen (secondary N) is 1. The maximum absolute atomic E-state index is 10.7. The van der Waals surface area contributed by atoms with E-state index in [2.05, 4.69) is 20.5 Å². The lowest BCUT2D eigenvalue weighted by atomic mass is 10.1. The highest BCUT2D eigenvalue weighted by atomic mass is 16.6. The Morgan fingerprint density at radius 1 is 0.889 bits per heavy atom. The number of nitro benzene ring substituents is 2. The van der Waals surface area contributed by atoms with Gasteiger partial charge in [0.2, 0.25) is 5.95 Å². The number of anilines is 1. The maximum Gasteiger partial charge on any atom is 0.270 e. The van der Waals surface area contributed by atoms with Gasteiger partial charge in [-0.3, -0.25) is 20.2 Å². The van der Waals surface area contributed by atoms with Gasteiger partial charge in [-0.15, -0.1) is 0 Å². The van der Waals surface area contributed by atoms with Crippen LogP contribution in [0.4, 0.5) is 17.3 Å². The second-order valence-corrected chi connectivity index (χ2v) is 5.32. The molecule has 10 nitrogen and oxygen atoms in total. The zero-order valence-electron chi connectivity index (χ0n) is 13.7. The number of hydrogen-bond acceptors (Lipinski definition) is 8. The van der Waals surface area contributed by atoms with Crippen molar-refractivity contribution in [2.75, 3.05) is 5.43 Å². The van der Waals surface area contributed by atoms with Gasteiger partial charge in [0.1, 0.15) is 0 Å². The van der Waals surface area contributed by atoms with Gasteiger partial charge in [-0.05, 0) is 17.7 Å². The standard InChI is InChI=1S/C17H12N6O4/c24-22(25)15-6-4-13(5-7-15)14-10-18-17(19-11-14)21-20-9-12-2-1-3-16(8-12)23(26)27/h1-11H,(H,18,19,21)/b20-9-. The molecule has 0 aliphatic heterocycles. The molecule has 3 aromatic rings.